The van der Waals surface area contributed by atoms with E-state index < -0.39 is 14.9 Å². The van der Waals surface area contributed by atoms with Crippen molar-refractivity contribution < 1.29 is 13.3 Å². The highest BCUT2D eigenvalue weighted by atomic mass is 35.5. The van der Waals surface area contributed by atoms with Crippen LogP contribution in [0.3, 0.4) is 0 Å². The van der Waals surface area contributed by atoms with Crippen LogP contribution < -0.4 is 4.72 Å². The van der Waals surface area contributed by atoms with Crippen LogP contribution in [0.1, 0.15) is 25.7 Å². The van der Waals surface area contributed by atoms with Crippen LogP contribution in [-0.4, -0.2) is 19.9 Å². The average Bonchev–Trinajstić information content (AvgIpc) is 2.91. The fraction of sp³-hybridized carbons (Fsp3) is 0.385. The Hall–Kier alpha value is -1.44. The number of halogens is 1. The summed E-state index contributed by atoms with van der Waals surface area (Å²) in [7, 11) is -3.85. The van der Waals surface area contributed by atoms with Gasteiger partial charge in [0, 0.05) is 18.7 Å². The summed E-state index contributed by atoms with van der Waals surface area (Å²) in [4.78, 5) is 9.80. The molecule has 0 heterocycles. The number of nitrogens with zero attached hydrogens (tertiary/aromatic N) is 1. The zero-order chi connectivity index (χ0) is 15.5. The number of benzene rings is 1. The van der Waals surface area contributed by atoms with Crippen molar-refractivity contribution in [1.29, 1.82) is 0 Å². The predicted octanol–water partition coefficient (Wildman–Crippen LogP) is 3.03. The molecule has 0 spiro atoms. The third-order valence-electron chi connectivity index (χ3n) is 3.29. The molecule has 1 aliphatic carbocycles. The molecule has 21 heavy (non-hydrogen) atoms. The first-order valence-corrected chi connectivity index (χ1v) is 8.38. The number of nitro groups is 1. The summed E-state index contributed by atoms with van der Waals surface area (Å²) in [5.74, 6) is 0. The molecule has 1 aromatic carbocycles. The highest BCUT2D eigenvalue weighted by Crippen LogP contribution is 2.26. The summed E-state index contributed by atoms with van der Waals surface area (Å²) >= 11 is 5.84. The van der Waals surface area contributed by atoms with E-state index in [1.54, 1.807) is 0 Å². The van der Waals surface area contributed by atoms with Gasteiger partial charge in [-0.2, -0.15) is 0 Å². The molecule has 0 aliphatic heterocycles. The molecule has 1 aromatic rings. The Labute approximate surface area is 128 Å². The normalized spacial score (nSPS) is 15.0. The SMILES string of the molecule is O=[N+]([O-])c1ccc(Cl)c(S(=O)(=O)NCCC2=CCCC2)c1. The van der Waals surface area contributed by atoms with E-state index in [1.165, 1.54) is 17.7 Å². The number of allylic oxidation sites excluding steroid dienone is 1. The van der Waals surface area contributed by atoms with E-state index in [0.29, 0.717) is 6.42 Å². The lowest BCUT2D eigenvalue weighted by Gasteiger charge is -2.08. The topological polar surface area (TPSA) is 89.3 Å². The Morgan fingerprint density at radius 2 is 2.14 bits per heavy atom. The predicted molar refractivity (Wildman–Crippen MR) is 79.8 cm³/mol. The minimum Gasteiger partial charge on any atom is -0.258 e. The number of hydrogen-bond donors (Lipinski definition) is 1. The van der Waals surface area contributed by atoms with Crippen LogP contribution in [0.2, 0.25) is 5.02 Å². The van der Waals surface area contributed by atoms with E-state index in [9.17, 15) is 18.5 Å². The maximum Gasteiger partial charge on any atom is 0.270 e. The van der Waals surface area contributed by atoms with Crippen molar-refractivity contribution in [2.24, 2.45) is 0 Å². The number of hydrogen-bond acceptors (Lipinski definition) is 4. The second kappa shape index (κ2) is 6.55. The van der Waals surface area contributed by atoms with Gasteiger partial charge >= 0.3 is 0 Å². The fourth-order valence-corrected chi connectivity index (χ4v) is 3.75. The number of non-ortho nitro benzene ring substituents is 1. The third-order valence-corrected chi connectivity index (χ3v) is 5.23. The molecule has 0 radical (unpaired) electrons. The summed E-state index contributed by atoms with van der Waals surface area (Å²) in [6.07, 6.45) is 5.91. The van der Waals surface area contributed by atoms with Gasteiger partial charge in [-0.05, 0) is 31.7 Å². The summed E-state index contributed by atoms with van der Waals surface area (Å²) in [5, 5.41) is 10.7. The Morgan fingerprint density at radius 3 is 2.76 bits per heavy atom. The smallest absolute Gasteiger partial charge is 0.258 e. The first-order valence-electron chi connectivity index (χ1n) is 6.51. The fourth-order valence-electron chi connectivity index (χ4n) is 2.20. The average molecular weight is 331 g/mol. The lowest BCUT2D eigenvalue weighted by atomic mass is 10.2. The van der Waals surface area contributed by atoms with E-state index in [-0.39, 0.29) is 22.2 Å². The lowest BCUT2D eigenvalue weighted by molar-refractivity contribution is -0.385. The van der Waals surface area contributed by atoms with Crippen LogP contribution in [-0.2, 0) is 10.0 Å². The van der Waals surface area contributed by atoms with E-state index in [2.05, 4.69) is 10.8 Å². The van der Waals surface area contributed by atoms with E-state index in [0.717, 1.165) is 25.3 Å². The summed E-state index contributed by atoms with van der Waals surface area (Å²) in [6.45, 7) is 0.257. The van der Waals surface area contributed by atoms with Gasteiger partial charge in [0.15, 0.2) is 0 Å². The van der Waals surface area contributed by atoms with Gasteiger partial charge in [-0.3, -0.25) is 10.1 Å². The Bertz CT molecular complexity index is 685. The Morgan fingerprint density at radius 1 is 1.38 bits per heavy atom. The van der Waals surface area contributed by atoms with E-state index in [1.807, 2.05) is 0 Å². The molecular formula is C13H15ClN2O4S. The lowest BCUT2D eigenvalue weighted by Crippen LogP contribution is -2.25. The summed E-state index contributed by atoms with van der Waals surface area (Å²) < 4.78 is 26.8. The molecular weight excluding hydrogens is 316 g/mol. The first-order chi connectivity index (χ1) is 9.90. The molecule has 0 aromatic heterocycles. The van der Waals surface area contributed by atoms with Crippen LogP contribution in [0.25, 0.3) is 0 Å². The Balaban J connectivity index is 2.11. The molecule has 6 nitrogen and oxygen atoms in total. The molecule has 0 amide bonds. The quantitative estimate of drug-likeness (QED) is 0.493. The van der Waals surface area contributed by atoms with E-state index >= 15 is 0 Å². The van der Waals surface area contributed by atoms with Gasteiger partial charge in [0.05, 0.1) is 9.95 Å². The standard InChI is InChI=1S/C13H15ClN2O4S/c14-12-6-5-11(16(17)18)9-13(12)21(19,20)15-8-7-10-3-1-2-4-10/h3,5-6,9,15H,1-2,4,7-8H2. The van der Waals surface area contributed by atoms with Gasteiger partial charge in [-0.1, -0.05) is 23.3 Å². The molecule has 0 unspecified atom stereocenters. The Kier molecular flexibility index (Phi) is 4.97. The molecule has 1 aliphatic rings. The number of nitrogens with one attached hydrogen (secondary N) is 1. The maximum absolute atomic E-state index is 12.2. The number of rotatable bonds is 6. The van der Waals surface area contributed by atoms with Crippen LogP contribution >= 0.6 is 11.6 Å². The van der Waals surface area contributed by atoms with Crippen molar-refractivity contribution in [2.45, 2.75) is 30.6 Å². The van der Waals surface area contributed by atoms with Crippen LogP contribution in [0.5, 0.6) is 0 Å². The monoisotopic (exact) mass is 330 g/mol. The van der Waals surface area contributed by atoms with Crippen molar-refractivity contribution in [1.82, 2.24) is 4.72 Å². The first kappa shape index (κ1) is 15.9. The zero-order valence-corrected chi connectivity index (χ0v) is 12.8. The van der Waals surface area contributed by atoms with Crippen molar-refractivity contribution in [3.63, 3.8) is 0 Å². The van der Waals surface area contributed by atoms with Gasteiger partial charge in [0.2, 0.25) is 10.0 Å². The van der Waals surface area contributed by atoms with Crippen LogP contribution in [0, 0.1) is 10.1 Å². The largest absolute Gasteiger partial charge is 0.270 e. The molecule has 8 heteroatoms. The molecule has 0 fully saturated rings. The zero-order valence-electron chi connectivity index (χ0n) is 11.2. The molecule has 114 valence electrons. The maximum atomic E-state index is 12.2. The van der Waals surface area contributed by atoms with Gasteiger partial charge in [-0.15, -0.1) is 0 Å². The number of sulfonamides is 1. The van der Waals surface area contributed by atoms with Crippen molar-refractivity contribution in [3.05, 3.63) is 45.0 Å². The van der Waals surface area contributed by atoms with Crippen LogP contribution in [0.4, 0.5) is 5.69 Å². The van der Waals surface area contributed by atoms with Crippen molar-refractivity contribution >= 4 is 27.3 Å². The minimum absolute atomic E-state index is 0.0341. The van der Waals surface area contributed by atoms with Gasteiger partial charge in [-0.25, -0.2) is 13.1 Å². The van der Waals surface area contributed by atoms with Gasteiger partial charge < -0.3 is 0 Å². The molecule has 0 atom stereocenters. The van der Waals surface area contributed by atoms with E-state index in [4.69, 9.17) is 11.6 Å². The third kappa shape index (κ3) is 4.03. The van der Waals surface area contributed by atoms with Gasteiger partial charge in [0.1, 0.15) is 4.90 Å². The summed E-state index contributed by atoms with van der Waals surface area (Å²) in [5.41, 5.74) is 0.932. The molecule has 1 N–H and O–H groups in total. The molecule has 0 bridgehead atoms. The second-order valence-electron chi connectivity index (χ2n) is 4.77. The highest BCUT2D eigenvalue weighted by molar-refractivity contribution is 7.89. The van der Waals surface area contributed by atoms with Crippen LogP contribution in [0.15, 0.2) is 34.7 Å². The molecule has 0 saturated heterocycles. The molecule has 0 saturated carbocycles. The number of nitro benzene ring substituents is 1. The highest BCUT2D eigenvalue weighted by Gasteiger charge is 2.21. The van der Waals surface area contributed by atoms with Crippen molar-refractivity contribution in [3.8, 4) is 0 Å². The summed E-state index contributed by atoms with van der Waals surface area (Å²) in [6, 6.07) is 3.36. The molecule has 2 rings (SSSR count). The minimum atomic E-state index is -3.85. The van der Waals surface area contributed by atoms with Crippen molar-refractivity contribution in [2.75, 3.05) is 6.54 Å². The van der Waals surface area contributed by atoms with Gasteiger partial charge in [0.25, 0.3) is 5.69 Å². The second-order valence-corrected chi connectivity index (χ2v) is 6.92.